The Morgan fingerprint density at radius 2 is 1.16 bits per heavy atom. The number of nitro benzene ring substituents is 2. The summed E-state index contributed by atoms with van der Waals surface area (Å²) in [6.45, 7) is 16.3. The Labute approximate surface area is 804 Å². The predicted molar refractivity (Wildman–Crippen MR) is 514 cm³/mol. The molecule has 7 amide bonds. The van der Waals surface area contributed by atoms with E-state index in [1.807, 2.05) is 74.3 Å². The molecule has 4 fully saturated rings. The molecule has 728 valence electrons. The maximum absolute atomic E-state index is 14.2. The van der Waals surface area contributed by atoms with Gasteiger partial charge < -0.3 is 60.7 Å². The van der Waals surface area contributed by atoms with Crippen molar-refractivity contribution in [3.8, 4) is 61.7 Å². The monoisotopic (exact) mass is 1920 g/mol. The molecule has 39 nitrogen and oxygen atoms in total. The number of hydrogen-bond acceptors (Lipinski definition) is 31. The average Bonchev–Trinajstić information content (AvgIpc) is 1.60. The number of nitrogen functional groups attached to an aromatic ring is 2. The fraction of sp³-hybridized carbons (Fsp3) is 0.414. The summed E-state index contributed by atoms with van der Waals surface area (Å²) in [4.78, 5) is 168. The summed E-state index contributed by atoms with van der Waals surface area (Å²) < 4.78 is 38.3. The second kappa shape index (κ2) is 45.8. The number of aryl methyl sites for hydroxylation is 1. The number of fused-ring (bicyclic) bond motifs is 3. The lowest BCUT2D eigenvalue weighted by Crippen LogP contribution is -2.54. The van der Waals surface area contributed by atoms with Gasteiger partial charge in [0.1, 0.15) is 65.6 Å². The molecule has 16 rings (SSSR count). The third-order valence-electron chi connectivity index (χ3n) is 25.4. The van der Waals surface area contributed by atoms with Crippen LogP contribution in [0.25, 0.3) is 55.0 Å². The number of nitrogens with zero attached hydrogens (tertiary/aromatic N) is 14. The highest BCUT2D eigenvalue weighted by molar-refractivity contribution is 7.13. The molecule has 0 bridgehead atoms. The van der Waals surface area contributed by atoms with Crippen molar-refractivity contribution in [3.63, 3.8) is 0 Å². The number of nitrogens with one attached hydrogen (secondary N) is 4. The molecule has 9 heterocycles. The number of benzene rings is 6. The van der Waals surface area contributed by atoms with Gasteiger partial charge in [-0.05, 0) is 148 Å². The number of nitro groups is 2. The number of nitrogens with two attached hydrogens (primary N) is 2. The number of hydrogen-bond donors (Lipinski definition) is 6. The molecule has 0 spiro atoms. The molecule has 5 aliphatic rings. The number of anilines is 2. The number of unbranched alkanes of at least 4 members (excludes halogenated alkanes) is 2. The summed E-state index contributed by atoms with van der Waals surface area (Å²) in [7, 11) is 0. The Kier molecular flexibility index (Phi) is 32.6. The smallest absolute Gasteiger partial charge is 0.312 e. The van der Waals surface area contributed by atoms with E-state index >= 15 is 0 Å². The number of carbonyl (C=O) groups is 9. The van der Waals surface area contributed by atoms with E-state index in [1.54, 1.807) is 82.7 Å². The van der Waals surface area contributed by atoms with Crippen LogP contribution in [0.5, 0.6) is 28.7 Å². The summed E-state index contributed by atoms with van der Waals surface area (Å²) >= 11 is 1.60. The summed E-state index contributed by atoms with van der Waals surface area (Å²) in [5.41, 5.74) is 19.6. The van der Waals surface area contributed by atoms with Crippen molar-refractivity contribution in [2.75, 3.05) is 104 Å². The van der Waals surface area contributed by atoms with E-state index in [2.05, 4.69) is 62.9 Å². The molecule has 3 unspecified atom stereocenters. The van der Waals surface area contributed by atoms with Crippen LogP contribution < -0.4 is 46.9 Å². The Hall–Kier alpha value is -14.3. The second-order valence-electron chi connectivity index (χ2n) is 36.2. The molecule has 5 atom stereocenters. The zero-order valence-corrected chi connectivity index (χ0v) is 78.7. The van der Waals surface area contributed by atoms with Gasteiger partial charge in [0.2, 0.25) is 41.0 Å². The summed E-state index contributed by atoms with van der Waals surface area (Å²) in [5, 5.41) is 46.3. The molecule has 4 aliphatic heterocycles. The number of thiazole rings is 1. The SMILES string of the molecule is Cc1ncsc1-c1ccc(CNC(=O)C2C[C@@H](C)CC2C(=O)[C@@H](NC(=O)CCOCCOCCOCCN2CCC(n3nc(-c4ccc(Oc5ccccc5)c([N+](=O)[O-])c4)c4c(N)ncnc43)CC2)C(C)(C)C)cc1.Nc1ncnc2c1c(-c1ccc(Oc3ccccc3)c([N+](=O)[O-])c1)nn2C1CCN(CC(=O)NCCCCCC(=O)COc2cccc3c2C(=O)N(C2CCC(=O)NC2=O)C3=O)CC1. The number of likely N-dealkylation sites (tertiary alicyclic amines) is 2. The third kappa shape index (κ3) is 24.4. The van der Waals surface area contributed by atoms with Crippen LogP contribution in [0.2, 0.25) is 0 Å². The molecule has 5 aromatic heterocycles. The number of para-hydroxylation sites is 2. The lowest BCUT2D eigenvalue weighted by atomic mass is 9.77. The number of ketones is 2. The Bertz CT molecular complexity index is 6320. The van der Waals surface area contributed by atoms with Gasteiger partial charge in [-0.1, -0.05) is 101 Å². The fourth-order valence-electron chi connectivity index (χ4n) is 18.2. The fourth-order valence-corrected chi connectivity index (χ4v) is 19.0. The van der Waals surface area contributed by atoms with Gasteiger partial charge in [0.05, 0.1) is 112 Å². The predicted octanol–water partition coefficient (Wildman–Crippen LogP) is 12.5. The van der Waals surface area contributed by atoms with Gasteiger partial charge in [0, 0.05) is 100 Å². The molecule has 1 aliphatic carbocycles. The van der Waals surface area contributed by atoms with E-state index in [1.165, 1.54) is 49.1 Å². The number of amides is 7. The number of piperidine rings is 3. The maximum atomic E-state index is 14.2. The van der Waals surface area contributed by atoms with Crippen molar-refractivity contribution in [3.05, 3.63) is 200 Å². The van der Waals surface area contributed by atoms with Crippen molar-refractivity contribution in [2.45, 2.75) is 149 Å². The van der Waals surface area contributed by atoms with Crippen LogP contribution in [0.15, 0.2) is 158 Å². The third-order valence-corrected chi connectivity index (χ3v) is 26.4. The topological polar surface area (TPSA) is 505 Å². The van der Waals surface area contributed by atoms with Crippen LogP contribution in [-0.4, -0.2) is 226 Å². The van der Waals surface area contributed by atoms with E-state index in [0.717, 1.165) is 59.1 Å². The first-order chi connectivity index (χ1) is 67.1. The van der Waals surface area contributed by atoms with Crippen LogP contribution in [0.3, 0.4) is 0 Å². The normalized spacial score (nSPS) is 17.3. The summed E-state index contributed by atoms with van der Waals surface area (Å²) in [6, 6.07) is 37.7. The van der Waals surface area contributed by atoms with Gasteiger partial charge in [-0.2, -0.15) is 10.2 Å². The van der Waals surface area contributed by atoms with Crippen molar-refractivity contribution >= 4 is 109 Å². The number of aromatic nitrogens is 9. The van der Waals surface area contributed by atoms with E-state index in [0.29, 0.717) is 160 Å². The molecule has 3 saturated heterocycles. The van der Waals surface area contributed by atoms with E-state index in [9.17, 15) is 63.4 Å². The molecule has 11 aromatic rings. The van der Waals surface area contributed by atoms with Gasteiger partial charge in [-0.3, -0.25) is 78.5 Å². The van der Waals surface area contributed by atoms with Gasteiger partial charge >= 0.3 is 11.4 Å². The second-order valence-corrected chi connectivity index (χ2v) is 37.1. The zero-order valence-electron chi connectivity index (χ0n) is 77.9. The zero-order chi connectivity index (χ0) is 98.0. The Balaban J connectivity index is 0.000000213. The quantitative estimate of drug-likeness (QED) is 0.00897. The van der Waals surface area contributed by atoms with Crippen LogP contribution in [0.4, 0.5) is 23.0 Å². The van der Waals surface area contributed by atoms with Crippen molar-refractivity contribution in [1.82, 2.24) is 80.4 Å². The summed E-state index contributed by atoms with van der Waals surface area (Å²) in [5.74, 6) is -2.51. The standard InChI is InChI=1S/C55H68N10O9S.C44H44N10O10/c1-35-29-42(43(30-35)54(68)57-32-37-11-13-38(14-12-37)50-36(2)60-34-75-50)49(67)51(55(3,4)5)61-46(66)19-23-71-25-27-73-28-26-72-24-22-63-20-17-40(18-21-63)64-53-47(52(56)58-33-59-53)48(62-64)39-15-16-45(44(31-39)65(69)70)74-41-9-7-6-8-10-41;45-40-38-39(26-13-15-33(32(22-26)54(61)62)64-29-9-4-1-5-10-29)50-53(41(38)48-25-47-40)27-17-20-51(21-18-27)23-36(57)46-19-6-2-3-8-28(55)24-63-34-12-7-11-30-37(34)44(60)52(43(30)59)31-14-16-35(56)49-42(31)58/h6-16,31,33-35,40,42-43,51H,17-30,32H2,1-5H3,(H,57,68)(H,61,66)(H2,56,58,59);1,4-5,7,9-13,15,22,25,27,31H,2-3,6,8,14,16-21,23-24H2,(H,46,57)(H2,45,47,48)(H,49,56,58)/t35-,42?,43?,51+;/m0./s1. The average molecular weight is 1920 g/mol. The Morgan fingerprint density at radius 3 is 1.72 bits per heavy atom. The molecule has 8 N–H and O–H groups in total. The van der Waals surface area contributed by atoms with Crippen LogP contribution in [-0.2, 0) is 54.3 Å². The lowest BCUT2D eigenvalue weighted by Gasteiger charge is -2.33. The van der Waals surface area contributed by atoms with Crippen molar-refractivity contribution in [2.24, 2.45) is 23.2 Å². The first-order valence-corrected chi connectivity index (χ1v) is 47.5. The van der Waals surface area contributed by atoms with E-state index in [-0.39, 0.29) is 144 Å². The van der Waals surface area contributed by atoms with Crippen molar-refractivity contribution in [1.29, 1.82) is 0 Å². The number of carbonyl (C=O) groups excluding carboxylic acids is 9. The first-order valence-electron chi connectivity index (χ1n) is 46.7. The van der Waals surface area contributed by atoms with Gasteiger partial charge in [-0.15, -0.1) is 11.3 Å². The highest BCUT2D eigenvalue weighted by atomic mass is 32.1. The van der Waals surface area contributed by atoms with Gasteiger partial charge in [-0.25, -0.2) is 34.3 Å². The minimum absolute atomic E-state index is 0.00126. The lowest BCUT2D eigenvalue weighted by molar-refractivity contribution is -0.385. The molecule has 0 radical (unpaired) electrons. The van der Waals surface area contributed by atoms with E-state index < -0.39 is 62.8 Å². The molecular weight excluding hydrogens is 1810 g/mol. The van der Waals surface area contributed by atoms with Crippen LogP contribution >= 0.6 is 11.3 Å². The molecule has 40 heteroatoms. The van der Waals surface area contributed by atoms with E-state index in [4.69, 9.17) is 50.1 Å². The minimum Gasteiger partial charge on any atom is -0.485 e. The van der Waals surface area contributed by atoms with Crippen molar-refractivity contribution < 1.29 is 81.4 Å². The minimum atomic E-state index is -1.11. The highest BCUT2D eigenvalue weighted by Crippen LogP contribution is 2.45. The number of Topliss-reactive ketones (excluding diaryl/α,β-unsaturated/α-hetero) is 2. The number of imide groups is 2. The molecule has 6 aromatic carbocycles. The molecule has 1 saturated carbocycles. The maximum Gasteiger partial charge on any atom is 0.312 e. The highest BCUT2D eigenvalue weighted by Gasteiger charge is 2.48. The van der Waals surface area contributed by atoms with Gasteiger partial charge in [0.15, 0.2) is 22.9 Å². The van der Waals surface area contributed by atoms with Gasteiger partial charge in [0.25, 0.3) is 11.8 Å². The summed E-state index contributed by atoms with van der Waals surface area (Å²) in [6.07, 6.45) is 9.14. The van der Waals surface area contributed by atoms with Crippen LogP contribution in [0, 0.1) is 50.3 Å². The van der Waals surface area contributed by atoms with Crippen LogP contribution in [0.1, 0.15) is 155 Å². The first kappa shape index (κ1) is 99.2. The number of ether oxygens (including phenoxy) is 6. The molecular formula is C99H112N20O19S. The Morgan fingerprint density at radius 1 is 0.597 bits per heavy atom. The number of rotatable bonds is 41. The largest absolute Gasteiger partial charge is 0.485 e. The molecule has 139 heavy (non-hydrogen) atoms.